The number of hydrogen-bond acceptors (Lipinski definition) is 2. The van der Waals surface area contributed by atoms with Crippen molar-refractivity contribution in [3.63, 3.8) is 0 Å². The van der Waals surface area contributed by atoms with Gasteiger partial charge in [0.25, 0.3) is 0 Å². The van der Waals surface area contributed by atoms with Crippen LogP contribution in [-0.2, 0) is 4.79 Å². The van der Waals surface area contributed by atoms with Crippen LogP contribution in [0.3, 0.4) is 0 Å². The standard InChI is InChI=1S/C19H22N2O.ClH/c20-17-11-6-9-15(17)13-19(22)21-18-12-5-4-10-16(18)14-7-2-1-3-8-14;/h1-5,7-8,10,12,15,17H,6,9,11,13,20H2,(H,21,22);1H/t15-,17+;/m0./s1. The summed E-state index contributed by atoms with van der Waals surface area (Å²) in [7, 11) is 0. The van der Waals surface area contributed by atoms with Crippen LogP contribution in [0.2, 0.25) is 0 Å². The van der Waals surface area contributed by atoms with Crippen molar-refractivity contribution >= 4 is 24.0 Å². The first-order chi connectivity index (χ1) is 10.7. The quantitative estimate of drug-likeness (QED) is 0.881. The molecule has 0 heterocycles. The average molecular weight is 331 g/mol. The van der Waals surface area contributed by atoms with Crippen LogP contribution in [0.1, 0.15) is 25.7 Å². The molecule has 0 bridgehead atoms. The molecule has 2 aromatic carbocycles. The molecule has 3 rings (SSSR count). The molecule has 0 aromatic heterocycles. The van der Waals surface area contributed by atoms with Crippen LogP contribution in [0.4, 0.5) is 5.69 Å². The number of anilines is 1. The van der Waals surface area contributed by atoms with E-state index in [0.717, 1.165) is 36.1 Å². The molecule has 1 aliphatic carbocycles. The van der Waals surface area contributed by atoms with Crippen LogP contribution in [0.5, 0.6) is 0 Å². The van der Waals surface area contributed by atoms with E-state index in [4.69, 9.17) is 5.73 Å². The van der Waals surface area contributed by atoms with E-state index in [-0.39, 0.29) is 24.4 Å². The van der Waals surface area contributed by atoms with Gasteiger partial charge < -0.3 is 11.1 Å². The summed E-state index contributed by atoms with van der Waals surface area (Å²) < 4.78 is 0. The van der Waals surface area contributed by atoms with Gasteiger partial charge in [-0.2, -0.15) is 0 Å². The molecule has 0 aliphatic heterocycles. The highest BCUT2D eigenvalue weighted by atomic mass is 35.5. The lowest BCUT2D eigenvalue weighted by Crippen LogP contribution is -2.28. The molecule has 1 fully saturated rings. The van der Waals surface area contributed by atoms with Crippen molar-refractivity contribution in [3.05, 3.63) is 54.6 Å². The second kappa shape index (κ2) is 8.14. The Labute approximate surface area is 143 Å². The van der Waals surface area contributed by atoms with Crippen molar-refractivity contribution in [1.29, 1.82) is 0 Å². The Bertz CT molecular complexity index is 645. The number of halogens is 1. The van der Waals surface area contributed by atoms with Gasteiger partial charge in [-0.1, -0.05) is 55.0 Å². The Kier molecular flexibility index (Phi) is 6.20. The van der Waals surface area contributed by atoms with E-state index in [9.17, 15) is 4.79 Å². The number of carbonyl (C=O) groups is 1. The molecular formula is C19H23ClN2O. The monoisotopic (exact) mass is 330 g/mol. The molecule has 0 radical (unpaired) electrons. The highest BCUT2D eigenvalue weighted by molar-refractivity contribution is 5.95. The Morgan fingerprint density at radius 1 is 1.04 bits per heavy atom. The topological polar surface area (TPSA) is 55.1 Å². The van der Waals surface area contributed by atoms with Gasteiger partial charge in [-0.25, -0.2) is 0 Å². The zero-order chi connectivity index (χ0) is 15.4. The van der Waals surface area contributed by atoms with E-state index in [0.29, 0.717) is 12.3 Å². The van der Waals surface area contributed by atoms with Gasteiger partial charge in [-0.15, -0.1) is 12.4 Å². The molecule has 1 aliphatic rings. The molecule has 4 heteroatoms. The molecule has 122 valence electrons. The van der Waals surface area contributed by atoms with Crippen molar-refractivity contribution in [2.45, 2.75) is 31.7 Å². The molecule has 23 heavy (non-hydrogen) atoms. The highest BCUT2D eigenvalue weighted by Gasteiger charge is 2.26. The van der Waals surface area contributed by atoms with E-state index < -0.39 is 0 Å². The van der Waals surface area contributed by atoms with Gasteiger partial charge >= 0.3 is 0 Å². The number of para-hydroxylation sites is 1. The van der Waals surface area contributed by atoms with Gasteiger partial charge in [0.05, 0.1) is 0 Å². The number of amides is 1. The number of nitrogens with two attached hydrogens (primary N) is 1. The smallest absolute Gasteiger partial charge is 0.224 e. The Morgan fingerprint density at radius 2 is 1.74 bits per heavy atom. The molecular weight excluding hydrogens is 308 g/mol. The lowest BCUT2D eigenvalue weighted by atomic mass is 9.99. The summed E-state index contributed by atoms with van der Waals surface area (Å²) in [5.41, 5.74) is 9.08. The molecule has 2 aromatic rings. The third-order valence-electron chi connectivity index (χ3n) is 4.45. The van der Waals surface area contributed by atoms with Crippen LogP contribution in [0.25, 0.3) is 11.1 Å². The van der Waals surface area contributed by atoms with E-state index >= 15 is 0 Å². The molecule has 0 unspecified atom stereocenters. The summed E-state index contributed by atoms with van der Waals surface area (Å²) in [5.74, 6) is 0.384. The van der Waals surface area contributed by atoms with E-state index in [1.54, 1.807) is 0 Å². The van der Waals surface area contributed by atoms with Crippen LogP contribution in [-0.4, -0.2) is 11.9 Å². The number of carbonyl (C=O) groups excluding carboxylic acids is 1. The number of nitrogens with one attached hydrogen (secondary N) is 1. The third kappa shape index (κ3) is 4.34. The van der Waals surface area contributed by atoms with E-state index in [1.165, 1.54) is 0 Å². The van der Waals surface area contributed by atoms with Gasteiger partial charge in [-0.05, 0) is 30.4 Å². The van der Waals surface area contributed by atoms with Gasteiger partial charge in [-0.3, -0.25) is 4.79 Å². The fraction of sp³-hybridized carbons (Fsp3) is 0.316. The Morgan fingerprint density at radius 3 is 2.43 bits per heavy atom. The maximum Gasteiger partial charge on any atom is 0.224 e. The average Bonchev–Trinajstić information content (AvgIpc) is 2.94. The van der Waals surface area contributed by atoms with Crippen molar-refractivity contribution < 1.29 is 4.79 Å². The first-order valence-corrected chi connectivity index (χ1v) is 7.94. The number of benzene rings is 2. The number of rotatable bonds is 4. The highest BCUT2D eigenvalue weighted by Crippen LogP contribution is 2.30. The minimum Gasteiger partial charge on any atom is -0.327 e. The van der Waals surface area contributed by atoms with E-state index in [1.807, 2.05) is 42.5 Å². The largest absolute Gasteiger partial charge is 0.327 e. The van der Waals surface area contributed by atoms with Crippen molar-refractivity contribution in [2.24, 2.45) is 11.7 Å². The summed E-state index contributed by atoms with van der Waals surface area (Å²) in [5, 5.41) is 3.06. The summed E-state index contributed by atoms with van der Waals surface area (Å²) in [4.78, 5) is 12.3. The van der Waals surface area contributed by atoms with Crippen molar-refractivity contribution in [1.82, 2.24) is 0 Å². The van der Waals surface area contributed by atoms with Crippen LogP contribution >= 0.6 is 12.4 Å². The normalized spacial score (nSPS) is 19.9. The predicted octanol–water partition coefficient (Wildman–Crippen LogP) is 4.23. The first kappa shape index (κ1) is 17.5. The minimum absolute atomic E-state index is 0. The maximum atomic E-state index is 12.3. The zero-order valence-electron chi connectivity index (χ0n) is 13.1. The lowest BCUT2D eigenvalue weighted by Gasteiger charge is -2.16. The molecule has 3 N–H and O–H groups in total. The SMILES string of the molecule is Cl.N[C@@H]1CCC[C@H]1CC(=O)Nc1ccccc1-c1ccccc1. The molecule has 2 atom stereocenters. The van der Waals surface area contributed by atoms with Gasteiger partial charge in [0.2, 0.25) is 5.91 Å². The fourth-order valence-corrected chi connectivity index (χ4v) is 3.22. The summed E-state index contributed by atoms with van der Waals surface area (Å²) >= 11 is 0. The molecule has 3 nitrogen and oxygen atoms in total. The molecule has 1 amide bonds. The van der Waals surface area contributed by atoms with Gasteiger partial charge in [0, 0.05) is 23.7 Å². The first-order valence-electron chi connectivity index (χ1n) is 7.94. The molecule has 0 saturated heterocycles. The summed E-state index contributed by atoms with van der Waals surface area (Å²) in [6.07, 6.45) is 3.76. The zero-order valence-corrected chi connectivity index (χ0v) is 13.9. The van der Waals surface area contributed by atoms with Crippen molar-refractivity contribution in [2.75, 3.05) is 5.32 Å². The van der Waals surface area contributed by atoms with E-state index in [2.05, 4.69) is 17.4 Å². The summed E-state index contributed by atoms with van der Waals surface area (Å²) in [6, 6.07) is 18.2. The fourth-order valence-electron chi connectivity index (χ4n) is 3.22. The number of hydrogen-bond donors (Lipinski definition) is 2. The van der Waals surface area contributed by atoms with Crippen LogP contribution in [0, 0.1) is 5.92 Å². The second-order valence-corrected chi connectivity index (χ2v) is 6.02. The maximum absolute atomic E-state index is 12.3. The Hall–Kier alpha value is -1.84. The lowest BCUT2D eigenvalue weighted by molar-refractivity contribution is -0.117. The van der Waals surface area contributed by atoms with Crippen LogP contribution in [0.15, 0.2) is 54.6 Å². The van der Waals surface area contributed by atoms with Gasteiger partial charge in [0.15, 0.2) is 0 Å². The molecule has 1 saturated carbocycles. The Balaban J connectivity index is 0.00000192. The van der Waals surface area contributed by atoms with Crippen LogP contribution < -0.4 is 11.1 Å². The third-order valence-corrected chi connectivity index (χ3v) is 4.45. The van der Waals surface area contributed by atoms with Gasteiger partial charge in [0.1, 0.15) is 0 Å². The minimum atomic E-state index is 0. The second-order valence-electron chi connectivity index (χ2n) is 6.02. The molecule has 0 spiro atoms. The van der Waals surface area contributed by atoms with Crippen molar-refractivity contribution in [3.8, 4) is 11.1 Å². The summed E-state index contributed by atoms with van der Waals surface area (Å²) in [6.45, 7) is 0. The predicted molar refractivity (Wildman–Crippen MR) is 97.7 cm³/mol.